The lowest BCUT2D eigenvalue weighted by Crippen LogP contribution is -2.45. The summed E-state index contributed by atoms with van der Waals surface area (Å²) in [7, 11) is 0. The van der Waals surface area contributed by atoms with Gasteiger partial charge in [-0.3, -0.25) is 4.79 Å². The van der Waals surface area contributed by atoms with Crippen molar-refractivity contribution in [1.82, 2.24) is 5.32 Å². The van der Waals surface area contributed by atoms with Crippen molar-refractivity contribution < 1.29 is 14.3 Å². The molecule has 0 aromatic heterocycles. The molecule has 1 fully saturated rings. The second-order valence-corrected chi connectivity index (χ2v) is 4.83. The highest BCUT2D eigenvalue weighted by molar-refractivity contribution is 5.78. The molecule has 18 heavy (non-hydrogen) atoms. The van der Waals surface area contributed by atoms with E-state index in [-0.39, 0.29) is 24.2 Å². The number of carbonyl (C=O) groups is 1. The van der Waals surface area contributed by atoms with Crippen LogP contribution in [-0.4, -0.2) is 23.2 Å². The van der Waals surface area contributed by atoms with Crippen LogP contribution in [0.1, 0.15) is 31.2 Å². The van der Waals surface area contributed by atoms with Crippen LogP contribution >= 0.6 is 0 Å². The minimum absolute atomic E-state index is 0.153. The molecule has 1 saturated carbocycles. The molecule has 0 aliphatic heterocycles. The van der Waals surface area contributed by atoms with Crippen molar-refractivity contribution >= 4 is 5.91 Å². The van der Waals surface area contributed by atoms with Gasteiger partial charge < -0.3 is 10.4 Å². The molecule has 98 valence electrons. The summed E-state index contributed by atoms with van der Waals surface area (Å²) in [5.41, 5.74) is 0.651. The fourth-order valence-electron chi connectivity index (χ4n) is 2.37. The van der Waals surface area contributed by atoms with Crippen molar-refractivity contribution in [2.75, 3.05) is 0 Å². The van der Waals surface area contributed by atoms with Gasteiger partial charge >= 0.3 is 0 Å². The molecule has 1 aromatic carbocycles. The van der Waals surface area contributed by atoms with Crippen LogP contribution in [0, 0.1) is 5.82 Å². The highest BCUT2D eigenvalue weighted by Crippen LogP contribution is 2.18. The number of aliphatic hydroxyl groups excluding tert-OH is 1. The fourth-order valence-corrected chi connectivity index (χ4v) is 2.37. The van der Waals surface area contributed by atoms with Crippen LogP contribution in [0.2, 0.25) is 0 Å². The van der Waals surface area contributed by atoms with Crippen LogP contribution in [0.25, 0.3) is 0 Å². The lowest BCUT2D eigenvalue weighted by molar-refractivity contribution is -0.122. The van der Waals surface area contributed by atoms with E-state index < -0.39 is 6.10 Å². The molecule has 1 aliphatic carbocycles. The summed E-state index contributed by atoms with van der Waals surface area (Å²) in [5, 5.41) is 12.6. The van der Waals surface area contributed by atoms with Crippen molar-refractivity contribution in [2.24, 2.45) is 0 Å². The maximum atomic E-state index is 13.0. The van der Waals surface area contributed by atoms with Crippen LogP contribution in [0.5, 0.6) is 0 Å². The number of benzene rings is 1. The third-order valence-corrected chi connectivity index (χ3v) is 3.33. The van der Waals surface area contributed by atoms with Gasteiger partial charge in [0.15, 0.2) is 0 Å². The van der Waals surface area contributed by atoms with Crippen molar-refractivity contribution in [3.8, 4) is 0 Å². The summed E-state index contributed by atoms with van der Waals surface area (Å²) in [6.07, 6.45) is 3.30. The Bertz CT molecular complexity index is 422. The van der Waals surface area contributed by atoms with E-state index in [1.807, 2.05) is 0 Å². The number of hydrogen-bond acceptors (Lipinski definition) is 2. The Morgan fingerprint density at radius 2 is 2.17 bits per heavy atom. The Balaban J connectivity index is 1.88. The molecular weight excluding hydrogens is 233 g/mol. The standard InChI is InChI=1S/C14H18FNO2/c15-11-5-3-4-10(8-11)9-14(18)16-12-6-1-2-7-13(12)17/h3-5,8,12-13,17H,1-2,6-7,9H2,(H,16,18). The van der Waals surface area contributed by atoms with Gasteiger partial charge in [-0.05, 0) is 30.5 Å². The average molecular weight is 251 g/mol. The monoisotopic (exact) mass is 251 g/mol. The zero-order valence-electron chi connectivity index (χ0n) is 10.2. The Morgan fingerprint density at radius 3 is 2.89 bits per heavy atom. The molecule has 1 aliphatic rings. The van der Waals surface area contributed by atoms with Crippen molar-refractivity contribution in [3.05, 3.63) is 35.6 Å². The zero-order chi connectivity index (χ0) is 13.0. The van der Waals surface area contributed by atoms with E-state index in [1.165, 1.54) is 12.1 Å². The zero-order valence-corrected chi connectivity index (χ0v) is 10.2. The SMILES string of the molecule is O=C(Cc1cccc(F)c1)NC1CCCCC1O. The molecule has 0 spiro atoms. The third kappa shape index (κ3) is 3.53. The second kappa shape index (κ2) is 5.96. The Kier molecular flexibility index (Phi) is 4.31. The number of carbonyl (C=O) groups excluding carboxylic acids is 1. The highest BCUT2D eigenvalue weighted by atomic mass is 19.1. The highest BCUT2D eigenvalue weighted by Gasteiger charge is 2.24. The van der Waals surface area contributed by atoms with Gasteiger partial charge in [-0.25, -0.2) is 4.39 Å². The quantitative estimate of drug-likeness (QED) is 0.860. The third-order valence-electron chi connectivity index (χ3n) is 3.33. The largest absolute Gasteiger partial charge is 0.391 e. The van der Waals surface area contributed by atoms with Gasteiger partial charge in [0.05, 0.1) is 18.6 Å². The maximum absolute atomic E-state index is 13.0. The molecule has 1 amide bonds. The number of aliphatic hydroxyl groups is 1. The lowest BCUT2D eigenvalue weighted by atomic mass is 9.92. The molecule has 0 radical (unpaired) electrons. The first kappa shape index (κ1) is 13.0. The number of halogens is 1. The Labute approximate surface area is 106 Å². The molecule has 4 heteroatoms. The van der Waals surface area contributed by atoms with E-state index in [0.29, 0.717) is 5.56 Å². The van der Waals surface area contributed by atoms with Gasteiger partial charge in [-0.15, -0.1) is 0 Å². The van der Waals surface area contributed by atoms with E-state index in [2.05, 4.69) is 5.32 Å². The van der Waals surface area contributed by atoms with Gasteiger partial charge in [-0.1, -0.05) is 25.0 Å². The summed E-state index contributed by atoms with van der Waals surface area (Å²) in [6.45, 7) is 0. The smallest absolute Gasteiger partial charge is 0.224 e. The normalized spacial score (nSPS) is 23.7. The molecule has 2 atom stereocenters. The summed E-state index contributed by atoms with van der Waals surface area (Å²) in [4.78, 5) is 11.8. The van der Waals surface area contributed by atoms with E-state index in [0.717, 1.165) is 25.7 Å². The summed E-state index contributed by atoms with van der Waals surface area (Å²) in [6, 6.07) is 5.87. The number of rotatable bonds is 3. The molecule has 2 N–H and O–H groups in total. The molecular formula is C14H18FNO2. The van der Waals surface area contributed by atoms with Crippen molar-refractivity contribution in [3.63, 3.8) is 0 Å². The number of hydrogen-bond donors (Lipinski definition) is 2. The lowest BCUT2D eigenvalue weighted by Gasteiger charge is -2.28. The molecule has 2 unspecified atom stereocenters. The molecule has 0 bridgehead atoms. The number of nitrogens with one attached hydrogen (secondary N) is 1. The molecule has 2 rings (SSSR count). The molecule has 0 heterocycles. The maximum Gasteiger partial charge on any atom is 0.224 e. The molecule has 0 saturated heterocycles. The van der Waals surface area contributed by atoms with Crippen LogP contribution < -0.4 is 5.32 Å². The minimum atomic E-state index is -0.449. The molecule has 1 aromatic rings. The van der Waals surface area contributed by atoms with Gasteiger partial charge in [0, 0.05) is 0 Å². The first-order valence-corrected chi connectivity index (χ1v) is 6.37. The van der Waals surface area contributed by atoms with Gasteiger partial charge in [-0.2, -0.15) is 0 Å². The van der Waals surface area contributed by atoms with E-state index >= 15 is 0 Å². The van der Waals surface area contributed by atoms with Crippen molar-refractivity contribution in [1.29, 1.82) is 0 Å². The van der Waals surface area contributed by atoms with Gasteiger partial charge in [0.25, 0.3) is 0 Å². The van der Waals surface area contributed by atoms with Crippen LogP contribution in [0.3, 0.4) is 0 Å². The van der Waals surface area contributed by atoms with Gasteiger partial charge in [0.1, 0.15) is 5.82 Å². The van der Waals surface area contributed by atoms with Gasteiger partial charge in [0.2, 0.25) is 5.91 Å². The average Bonchev–Trinajstić information content (AvgIpc) is 2.32. The molecule has 3 nitrogen and oxygen atoms in total. The Hall–Kier alpha value is -1.42. The first-order valence-electron chi connectivity index (χ1n) is 6.37. The van der Waals surface area contributed by atoms with Crippen molar-refractivity contribution in [2.45, 2.75) is 44.2 Å². The predicted octanol–water partition coefficient (Wildman–Crippen LogP) is 1.79. The summed E-state index contributed by atoms with van der Waals surface area (Å²) in [5.74, 6) is -0.496. The Morgan fingerprint density at radius 1 is 1.39 bits per heavy atom. The number of amides is 1. The second-order valence-electron chi connectivity index (χ2n) is 4.83. The predicted molar refractivity (Wildman–Crippen MR) is 66.5 cm³/mol. The minimum Gasteiger partial charge on any atom is -0.391 e. The van der Waals surface area contributed by atoms with E-state index in [9.17, 15) is 14.3 Å². The topological polar surface area (TPSA) is 49.3 Å². The van der Waals surface area contributed by atoms with Crippen LogP contribution in [0.15, 0.2) is 24.3 Å². The summed E-state index contributed by atoms with van der Waals surface area (Å²) >= 11 is 0. The van der Waals surface area contributed by atoms with Crippen LogP contribution in [-0.2, 0) is 11.2 Å². The van der Waals surface area contributed by atoms with E-state index in [4.69, 9.17) is 0 Å². The summed E-state index contributed by atoms with van der Waals surface area (Å²) < 4.78 is 13.0. The fraction of sp³-hybridized carbons (Fsp3) is 0.500. The van der Waals surface area contributed by atoms with Crippen LogP contribution in [0.4, 0.5) is 4.39 Å². The first-order chi connectivity index (χ1) is 8.65. The van der Waals surface area contributed by atoms with E-state index in [1.54, 1.807) is 12.1 Å².